The van der Waals surface area contributed by atoms with E-state index in [0.29, 0.717) is 5.82 Å². The van der Waals surface area contributed by atoms with E-state index in [2.05, 4.69) is 39.3 Å². The SMILES string of the molecule is CC(C)c1c(NN)ncnc1Sc1ncnn1C. The lowest BCUT2D eigenvalue weighted by Gasteiger charge is -2.14. The monoisotopic (exact) mass is 265 g/mol. The molecule has 0 radical (unpaired) electrons. The lowest BCUT2D eigenvalue weighted by Crippen LogP contribution is -2.13. The van der Waals surface area contributed by atoms with Crippen LogP contribution in [0.5, 0.6) is 0 Å². The first-order chi connectivity index (χ1) is 8.63. The number of rotatable bonds is 4. The number of nitrogens with one attached hydrogen (secondary N) is 1. The van der Waals surface area contributed by atoms with E-state index in [4.69, 9.17) is 5.84 Å². The van der Waals surface area contributed by atoms with Gasteiger partial charge < -0.3 is 5.43 Å². The van der Waals surface area contributed by atoms with Gasteiger partial charge in [0, 0.05) is 12.6 Å². The summed E-state index contributed by atoms with van der Waals surface area (Å²) < 4.78 is 1.70. The van der Waals surface area contributed by atoms with Crippen molar-refractivity contribution in [3.63, 3.8) is 0 Å². The molecule has 7 nitrogen and oxygen atoms in total. The Hall–Kier alpha value is -1.67. The summed E-state index contributed by atoms with van der Waals surface area (Å²) >= 11 is 1.45. The molecule has 0 aromatic carbocycles. The van der Waals surface area contributed by atoms with Gasteiger partial charge in [-0.1, -0.05) is 13.8 Å². The molecule has 18 heavy (non-hydrogen) atoms. The molecule has 0 fully saturated rings. The van der Waals surface area contributed by atoms with Crippen molar-refractivity contribution in [2.75, 3.05) is 5.43 Å². The van der Waals surface area contributed by atoms with E-state index in [1.54, 1.807) is 4.68 Å². The maximum absolute atomic E-state index is 5.48. The molecule has 3 N–H and O–H groups in total. The van der Waals surface area contributed by atoms with Gasteiger partial charge in [-0.25, -0.2) is 25.5 Å². The highest BCUT2D eigenvalue weighted by Crippen LogP contribution is 2.33. The van der Waals surface area contributed by atoms with Crippen LogP contribution in [-0.2, 0) is 7.05 Å². The van der Waals surface area contributed by atoms with Gasteiger partial charge in [-0.2, -0.15) is 5.10 Å². The Morgan fingerprint density at radius 2 is 2.06 bits per heavy atom. The van der Waals surface area contributed by atoms with E-state index in [1.165, 1.54) is 24.4 Å². The molecule has 0 aliphatic heterocycles. The molecule has 0 atom stereocenters. The maximum Gasteiger partial charge on any atom is 0.192 e. The van der Waals surface area contributed by atoms with E-state index >= 15 is 0 Å². The smallest absolute Gasteiger partial charge is 0.192 e. The van der Waals surface area contributed by atoms with Crippen LogP contribution in [0.15, 0.2) is 22.8 Å². The minimum Gasteiger partial charge on any atom is -0.308 e. The predicted octanol–water partition coefficient (Wildman–Crippen LogP) is 1.17. The van der Waals surface area contributed by atoms with Crippen LogP contribution in [0.4, 0.5) is 5.82 Å². The normalized spacial score (nSPS) is 10.9. The molecule has 2 heterocycles. The molecule has 0 spiro atoms. The zero-order chi connectivity index (χ0) is 13.1. The molecule has 8 heteroatoms. The number of aromatic nitrogens is 5. The third kappa shape index (κ3) is 2.44. The zero-order valence-electron chi connectivity index (χ0n) is 10.5. The number of nitrogens with two attached hydrogens (primary N) is 1. The van der Waals surface area contributed by atoms with Crippen molar-refractivity contribution in [2.45, 2.75) is 29.9 Å². The highest BCUT2D eigenvalue weighted by Gasteiger charge is 2.17. The van der Waals surface area contributed by atoms with Crippen molar-refractivity contribution in [1.82, 2.24) is 24.7 Å². The van der Waals surface area contributed by atoms with Crippen LogP contribution in [-0.4, -0.2) is 24.7 Å². The summed E-state index contributed by atoms with van der Waals surface area (Å²) in [5, 5.41) is 5.64. The molecule has 96 valence electrons. The molecule has 2 aromatic rings. The third-order valence-electron chi connectivity index (χ3n) is 2.42. The molecule has 2 aromatic heterocycles. The topological polar surface area (TPSA) is 94.5 Å². The van der Waals surface area contributed by atoms with Crippen molar-refractivity contribution in [3.8, 4) is 0 Å². The van der Waals surface area contributed by atoms with Crippen molar-refractivity contribution in [2.24, 2.45) is 12.9 Å². The summed E-state index contributed by atoms with van der Waals surface area (Å²) in [6.45, 7) is 4.14. The van der Waals surface area contributed by atoms with Crippen molar-refractivity contribution in [3.05, 3.63) is 18.2 Å². The summed E-state index contributed by atoms with van der Waals surface area (Å²) in [4.78, 5) is 12.6. The van der Waals surface area contributed by atoms with Crippen LogP contribution in [0.3, 0.4) is 0 Å². The lowest BCUT2D eigenvalue weighted by atomic mass is 10.1. The molecule has 0 saturated carbocycles. The van der Waals surface area contributed by atoms with Crippen molar-refractivity contribution < 1.29 is 0 Å². The minimum atomic E-state index is 0.257. The van der Waals surface area contributed by atoms with Crippen LogP contribution in [0.2, 0.25) is 0 Å². The Bertz CT molecular complexity index is 537. The fourth-order valence-electron chi connectivity index (χ4n) is 1.56. The number of hydrazine groups is 1. The number of anilines is 1. The molecule has 0 aliphatic rings. The maximum atomic E-state index is 5.48. The fourth-order valence-corrected chi connectivity index (χ4v) is 2.55. The average Bonchev–Trinajstić information content (AvgIpc) is 2.74. The van der Waals surface area contributed by atoms with Crippen LogP contribution < -0.4 is 11.3 Å². The van der Waals surface area contributed by atoms with Gasteiger partial charge in [0.05, 0.1) is 0 Å². The molecule has 0 aliphatic carbocycles. The number of nitrogen functional groups attached to an aromatic ring is 1. The molecule has 0 bridgehead atoms. The van der Waals surface area contributed by atoms with E-state index in [0.717, 1.165) is 15.7 Å². The summed E-state index contributed by atoms with van der Waals surface area (Å²) in [6, 6.07) is 0. The van der Waals surface area contributed by atoms with E-state index in [-0.39, 0.29) is 5.92 Å². The van der Waals surface area contributed by atoms with E-state index in [9.17, 15) is 0 Å². The van der Waals surface area contributed by atoms with Gasteiger partial charge >= 0.3 is 0 Å². The van der Waals surface area contributed by atoms with Crippen molar-refractivity contribution in [1.29, 1.82) is 0 Å². The Balaban J connectivity index is 2.41. The molecule has 2 rings (SSSR count). The lowest BCUT2D eigenvalue weighted by molar-refractivity contribution is 0.683. The second-order valence-corrected chi connectivity index (χ2v) is 4.96. The molecular formula is C10H15N7S. The number of aryl methyl sites for hydroxylation is 1. The summed E-state index contributed by atoms with van der Waals surface area (Å²) in [5.41, 5.74) is 3.58. The molecule has 0 saturated heterocycles. The first-order valence-corrected chi connectivity index (χ1v) is 6.28. The summed E-state index contributed by atoms with van der Waals surface area (Å²) in [5.74, 6) is 6.38. The first kappa shape index (κ1) is 12.8. The van der Waals surface area contributed by atoms with Gasteiger partial charge in [0.1, 0.15) is 23.5 Å². The first-order valence-electron chi connectivity index (χ1n) is 5.46. The van der Waals surface area contributed by atoms with Crippen LogP contribution in [0, 0.1) is 0 Å². The van der Waals surface area contributed by atoms with Gasteiger partial charge in [0.15, 0.2) is 5.16 Å². The van der Waals surface area contributed by atoms with Crippen molar-refractivity contribution >= 4 is 17.6 Å². The summed E-state index contributed by atoms with van der Waals surface area (Å²) in [7, 11) is 1.84. The van der Waals surface area contributed by atoms with Gasteiger partial charge in [-0.05, 0) is 17.7 Å². The minimum absolute atomic E-state index is 0.257. The van der Waals surface area contributed by atoms with Crippen LogP contribution >= 0.6 is 11.8 Å². The Kier molecular flexibility index (Phi) is 3.78. The second kappa shape index (κ2) is 5.32. The Morgan fingerprint density at radius 3 is 2.61 bits per heavy atom. The van der Waals surface area contributed by atoms with E-state index < -0.39 is 0 Å². The van der Waals surface area contributed by atoms with Crippen LogP contribution in [0.1, 0.15) is 25.3 Å². The Labute approximate surface area is 109 Å². The Morgan fingerprint density at radius 1 is 1.28 bits per heavy atom. The number of hydrogen-bond acceptors (Lipinski definition) is 7. The predicted molar refractivity (Wildman–Crippen MR) is 69.1 cm³/mol. The largest absolute Gasteiger partial charge is 0.308 e. The molecule has 0 amide bonds. The standard InChI is InChI=1S/C10H15N7S/c1-6(2)7-8(16-11)12-4-13-9(7)18-10-14-5-15-17(10)3/h4-6H,11H2,1-3H3,(H,12,13,16). The van der Waals surface area contributed by atoms with Gasteiger partial charge in [-0.15, -0.1) is 0 Å². The second-order valence-electron chi connectivity index (χ2n) is 4.01. The highest BCUT2D eigenvalue weighted by molar-refractivity contribution is 7.99. The quantitative estimate of drug-likeness (QED) is 0.486. The van der Waals surface area contributed by atoms with Gasteiger partial charge in [0.2, 0.25) is 0 Å². The zero-order valence-corrected chi connectivity index (χ0v) is 11.3. The highest BCUT2D eigenvalue weighted by atomic mass is 32.2. The third-order valence-corrected chi connectivity index (χ3v) is 3.49. The summed E-state index contributed by atoms with van der Waals surface area (Å²) in [6.07, 6.45) is 3.00. The average molecular weight is 265 g/mol. The fraction of sp³-hybridized carbons (Fsp3) is 0.400. The van der Waals surface area contributed by atoms with Crippen LogP contribution in [0.25, 0.3) is 0 Å². The number of nitrogens with zero attached hydrogens (tertiary/aromatic N) is 5. The molecular weight excluding hydrogens is 250 g/mol. The van der Waals surface area contributed by atoms with Gasteiger partial charge in [0.25, 0.3) is 0 Å². The number of hydrogen-bond donors (Lipinski definition) is 2. The molecule has 0 unspecified atom stereocenters. The van der Waals surface area contributed by atoms with E-state index in [1.807, 2.05) is 7.05 Å². The van der Waals surface area contributed by atoms with Gasteiger partial charge in [-0.3, -0.25) is 0 Å².